The summed E-state index contributed by atoms with van der Waals surface area (Å²) in [6.45, 7) is 17.9. The van der Waals surface area contributed by atoms with E-state index in [0.717, 1.165) is 30.4 Å². The van der Waals surface area contributed by atoms with Crippen molar-refractivity contribution in [3.63, 3.8) is 0 Å². The predicted octanol–water partition coefficient (Wildman–Crippen LogP) is 7.18. The molecule has 3 N–H and O–H groups in total. The van der Waals surface area contributed by atoms with Gasteiger partial charge < -0.3 is 48.6 Å². The number of aliphatic hydroxyl groups excluding tert-OH is 2. The molecule has 2 bridgehead atoms. The molecule has 3 heterocycles. The number of ether oxygens (including phenoxy) is 6. The van der Waals surface area contributed by atoms with Crippen molar-refractivity contribution >= 4 is 23.4 Å². The highest BCUT2D eigenvalue weighted by Gasteiger charge is 2.53. The van der Waals surface area contributed by atoms with Crippen molar-refractivity contribution in [1.82, 2.24) is 4.90 Å². The van der Waals surface area contributed by atoms with Crippen LogP contribution in [0.4, 0.5) is 0 Å². The Labute approximate surface area is 406 Å². The third-order valence-corrected chi connectivity index (χ3v) is 15.1. The summed E-state index contributed by atoms with van der Waals surface area (Å²) in [4.78, 5) is 58.5. The quantitative estimate of drug-likeness (QED) is 0.120. The molecule has 4 rings (SSSR count). The number of carbonyl (C=O) groups excluding carboxylic acids is 4. The minimum absolute atomic E-state index is 0.00160. The number of hydrogen-bond donors (Lipinski definition) is 3. The predicted molar refractivity (Wildman–Crippen MR) is 260 cm³/mol. The normalized spacial score (nSPS) is 39.2. The third kappa shape index (κ3) is 15.3. The lowest BCUT2D eigenvalue weighted by atomic mass is 9.78. The van der Waals surface area contributed by atoms with Gasteiger partial charge in [-0.05, 0) is 118 Å². The van der Waals surface area contributed by atoms with E-state index in [1.54, 1.807) is 41.1 Å². The van der Waals surface area contributed by atoms with Gasteiger partial charge in [0.2, 0.25) is 5.79 Å². The second-order valence-electron chi connectivity index (χ2n) is 20.3. The Morgan fingerprint density at radius 2 is 1.62 bits per heavy atom. The largest absolute Gasteiger partial charge is 0.460 e. The van der Waals surface area contributed by atoms with Gasteiger partial charge >= 0.3 is 5.97 Å². The van der Waals surface area contributed by atoms with E-state index in [1.807, 2.05) is 38.2 Å². The lowest BCUT2D eigenvalue weighted by Gasteiger charge is -2.42. The number of cyclic esters (lactones) is 1. The van der Waals surface area contributed by atoms with Crippen LogP contribution in [0.25, 0.3) is 0 Å². The first-order chi connectivity index (χ1) is 32.3. The summed E-state index contributed by atoms with van der Waals surface area (Å²) < 4.78 is 35.9. The topological polar surface area (TPSA) is 188 Å². The molecule has 1 saturated carbocycles. The number of amides is 1. The number of esters is 1. The van der Waals surface area contributed by atoms with Crippen molar-refractivity contribution in [1.29, 1.82) is 0 Å². The number of piperidine rings is 1. The van der Waals surface area contributed by atoms with E-state index in [-0.39, 0.29) is 74.3 Å². The minimum atomic E-state index is -2.42. The maximum absolute atomic E-state index is 14.5. The third-order valence-electron chi connectivity index (χ3n) is 15.1. The maximum atomic E-state index is 14.5. The van der Waals surface area contributed by atoms with Crippen LogP contribution in [-0.2, 0) is 47.6 Å². The molecule has 0 radical (unpaired) electrons. The molecular formula is C54H85NO13. The molecular weight excluding hydrogens is 871 g/mol. The second kappa shape index (κ2) is 27.3. The van der Waals surface area contributed by atoms with Crippen molar-refractivity contribution in [2.24, 2.45) is 35.5 Å². The Kier molecular flexibility index (Phi) is 23.0. The molecule has 4 aliphatic rings. The maximum Gasteiger partial charge on any atom is 0.329 e. The highest BCUT2D eigenvalue weighted by molar-refractivity contribution is 6.39. The Balaban J connectivity index is 1.70. The highest BCUT2D eigenvalue weighted by atomic mass is 16.6. The summed E-state index contributed by atoms with van der Waals surface area (Å²) in [5.74, 6) is -6.81. The van der Waals surface area contributed by atoms with Crippen LogP contribution in [0.5, 0.6) is 0 Å². The summed E-state index contributed by atoms with van der Waals surface area (Å²) in [7, 11) is 4.78. The number of rotatable bonds is 9. The average Bonchev–Trinajstić information content (AvgIpc) is 3.32. The zero-order valence-electron chi connectivity index (χ0n) is 42.7. The van der Waals surface area contributed by atoms with Crippen molar-refractivity contribution in [3.8, 4) is 0 Å². The minimum Gasteiger partial charge on any atom is -0.460 e. The number of ketones is 2. The molecule has 15 atom stereocenters. The van der Waals surface area contributed by atoms with Crippen molar-refractivity contribution in [2.75, 3.05) is 41.1 Å². The fraction of sp³-hybridized carbons (Fsp3) is 0.741. The van der Waals surface area contributed by atoms with E-state index in [9.17, 15) is 34.5 Å². The molecule has 3 fully saturated rings. The van der Waals surface area contributed by atoms with E-state index in [0.29, 0.717) is 50.5 Å². The number of hydrogen-bond acceptors (Lipinski definition) is 13. The van der Waals surface area contributed by atoms with Gasteiger partial charge in [-0.1, -0.05) is 77.7 Å². The van der Waals surface area contributed by atoms with Crippen LogP contribution in [0.1, 0.15) is 126 Å². The average molecular weight is 956 g/mol. The van der Waals surface area contributed by atoms with Gasteiger partial charge in [0.25, 0.3) is 11.7 Å². The summed E-state index contributed by atoms with van der Waals surface area (Å²) in [5.41, 5.74) is 2.20. The number of nitrogens with zero attached hydrogens (tertiary/aromatic N) is 1. The summed E-state index contributed by atoms with van der Waals surface area (Å²) >= 11 is 0. The first-order valence-electron chi connectivity index (χ1n) is 25.2. The fourth-order valence-corrected chi connectivity index (χ4v) is 10.6. The molecule has 0 aromatic heterocycles. The van der Waals surface area contributed by atoms with Gasteiger partial charge in [-0.25, -0.2) is 4.79 Å². The van der Waals surface area contributed by atoms with Crippen LogP contribution in [0, 0.1) is 35.5 Å². The Morgan fingerprint density at radius 3 is 2.29 bits per heavy atom. The molecule has 0 aromatic rings. The molecule has 1 aliphatic carbocycles. The Bertz CT molecular complexity index is 1810. The molecule has 14 nitrogen and oxygen atoms in total. The van der Waals surface area contributed by atoms with Crippen molar-refractivity contribution in [3.05, 3.63) is 59.8 Å². The second-order valence-corrected chi connectivity index (χ2v) is 20.3. The first kappa shape index (κ1) is 57.2. The number of allylic oxidation sites excluding steroid dienone is 6. The van der Waals surface area contributed by atoms with Gasteiger partial charge in [0.05, 0.1) is 37.6 Å². The van der Waals surface area contributed by atoms with Crippen LogP contribution in [0.15, 0.2) is 59.8 Å². The zero-order chi connectivity index (χ0) is 50.3. The molecule has 3 aliphatic heterocycles. The highest BCUT2D eigenvalue weighted by Crippen LogP contribution is 2.38. The summed E-state index contributed by atoms with van der Waals surface area (Å²) in [5, 5.41) is 33.0. The molecule has 5 unspecified atom stereocenters. The van der Waals surface area contributed by atoms with E-state index in [1.165, 1.54) is 12.0 Å². The molecule has 0 spiro atoms. The monoisotopic (exact) mass is 956 g/mol. The first-order valence-corrected chi connectivity index (χ1v) is 25.2. The molecule has 2 saturated heterocycles. The van der Waals surface area contributed by atoms with Gasteiger partial charge in [-0.2, -0.15) is 0 Å². The summed E-state index contributed by atoms with van der Waals surface area (Å²) in [6, 6.07) is -1.12. The van der Waals surface area contributed by atoms with Crippen LogP contribution < -0.4 is 0 Å². The fourth-order valence-electron chi connectivity index (χ4n) is 10.6. The van der Waals surface area contributed by atoms with E-state index in [4.69, 9.17) is 28.4 Å². The molecule has 14 heteroatoms. The molecule has 1 amide bonds. The standard InChI is InChI=1S/C54H85NO13/c1-33-17-13-12-14-18-34(2)46(63-9)31-42-22-20-39(7)54(62,68-42)51(59)52(60)55-24-16-15-19-43(55)53(61)67-47(37(5)29-41-21-23-45(66-26-25-56)48(30-41)64-10)32-44(57)36(4)28-38(6)49(58)50(65-11)40(8)35(3)27-33/h12-14,17-18,28,33,35-37,39,41-43,45-50,56,58,62H,8,15-16,19-27,29-32H2,1-7,9-11H3/b14-12+,17-13+,34-18+,38-28+/t33-,35+,36-,37?,39+,41-,42?,43?,45?,46+,47-,48+,49-,50?,54-/m0/s1. The smallest absolute Gasteiger partial charge is 0.329 e. The van der Waals surface area contributed by atoms with Gasteiger partial charge in [0.15, 0.2) is 0 Å². The van der Waals surface area contributed by atoms with Gasteiger partial charge in [-0.3, -0.25) is 14.4 Å². The molecule has 0 aromatic carbocycles. The van der Waals surface area contributed by atoms with Gasteiger partial charge in [-0.15, -0.1) is 0 Å². The lowest BCUT2D eigenvalue weighted by molar-refractivity contribution is -0.265. The molecule has 384 valence electrons. The number of carbonyl (C=O) groups is 4. The lowest BCUT2D eigenvalue weighted by Crippen LogP contribution is -2.61. The zero-order valence-corrected chi connectivity index (χ0v) is 42.7. The molecule has 68 heavy (non-hydrogen) atoms. The SMILES string of the molecule is C=C1C(OC)[C@@H](O)/C(C)=C/[C@H](C)C(=O)C[C@@H](C(C)C[C@@H]2CCC(OCCO)[C@H](OC)C2)OC(=O)C2CCCCN2C(=O)C(=O)[C@@]2(O)OC(CC[C@H]2C)C[C@@H](OC)/C(C)=C/C=C/C=C/[C@H](C)C[C@H]1C. The van der Waals surface area contributed by atoms with Crippen LogP contribution in [-0.4, -0.2) is 139 Å². The van der Waals surface area contributed by atoms with Crippen molar-refractivity contribution < 1.29 is 62.9 Å². The number of aliphatic hydroxyl groups is 3. The van der Waals surface area contributed by atoms with Crippen LogP contribution in [0.2, 0.25) is 0 Å². The van der Waals surface area contributed by atoms with E-state index >= 15 is 0 Å². The van der Waals surface area contributed by atoms with Gasteiger partial charge in [0, 0.05) is 52.6 Å². The number of methoxy groups -OCH3 is 3. The Morgan fingerprint density at radius 1 is 0.882 bits per heavy atom. The van der Waals surface area contributed by atoms with Crippen LogP contribution in [0.3, 0.4) is 0 Å². The van der Waals surface area contributed by atoms with Gasteiger partial charge in [0.1, 0.15) is 30.1 Å². The number of fused-ring (bicyclic) bond motifs is 3. The van der Waals surface area contributed by atoms with Crippen molar-refractivity contribution in [2.45, 2.75) is 180 Å². The van der Waals surface area contributed by atoms with E-state index in [2.05, 4.69) is 26.5 Å². The van der Waals surface area contributed by atoms with Crippen LogP contribution >= 0.6 is 0 Å². The number of Topliss-reactive ketones (excluding diaryl/α,β-unsaturated/α-hetero) is 2. The Hall–Kier alpha value is -3.34. The summed E-state index contributed by atoms with van der Waals surface area (Å²) in [6.07, 6.45) is 13.8. The van der Waals surface area contributed by atoms with E-state index < -0.39 is 71.8 Å².